The Morgan fingerprint density at radius 3 is 2.61 bits per heavy atom. The minimum atomic E-state index is -3.31. The number of allylic oxidation sites excluding steroid dienone is 2. The van der Waals surface area contributed by atoms with Crippen molar-refractivity contribution in [2.75, 3.05) is 37.5 Å². The van der Waals surface area contributed by atoms with Crippen molar-refractivity contribution in [3.05, 3.63) is 54.5 Å². The molecule has 0 saturated heterocycles. The van der Waals surface area contributed by atoms with E-state index in [1.807, 2.05) is 41.5 Å². The summed E-state index contributed by atoms with van der Waals surface area (Å²) in [7, 11) is -1.74. The molecular weight excluding hydrogens is 444 g/mol. The maximum atomic E-state index is 11.8. The van der Waals surface area contributed by atoms with Crippen molar-refractivity contribution in [1.29, 1.82) is 0 Å². The normalized spacial score (nSPS) is 15.5. The Morgan fingerprint density at radius 1 is 1.15 bits per heavy atom. The highest BCUT2D eigenvalue weighted by Crippen LogP contribution is 2.45. The van der Waals surface area contributed by atoms with Crippen molar-refractivity contribution in [3.63, 3.8) is 0 Å². The fourth-order valence-corrected chi connectivity index (χ4v) is 3.82. The first-order valence-corrected chi connectivity index (χ1v) is 12.6. The Morgan fingerprint density at radius 2 is 1.94 bits per heavy atom. The first kappa shape index (κ1) is 23.1. The first-order valence-electron chi connectivity index (χ1n) is 10.9. The van der Waals surface area contributed by atoms with Gasteiger partial charge >= 0.3 is 0 Å². The van der Waals surface area contributed by atoms with E-state index in [0.29, 0.717) is 35.4 Å². The predicted molar refractivity (Wildman–Crippen MR) is 126 cm³/mol. The molecule has 2 aliphatic rings. The van der Waals surface area contributed by atoms with E-state index in [1.54, 1.807) is 26.2 Å². The van der Waals surface area contributed by atoms with Crippen molar-refractivity contribution in [2.24, 2.45) is 0 Å². The molecule has 1 aromatic heterocycles. The molecule has 0 unspecified atom stereocenters. The van der Waals surface area contributed by atoms with Crippen LogP contribution in [0, 0.1) is 0 Å². The minimum absolute atomic E-state index is 0.00740. The Hall–Kier alpha value is -3.11. The maximum Gasteiger partial charge on any atom is 0.263 e. The van der Waals surface area contributed by atoms with Crippen LogP contribution in [0.5, 0.6) is 23.1 Å². The van der Waals surface area contributed by atoms with Crippen LogP contribution in [0.2, 0.25) is 0 Å². The highest BCUT2D eigenvalue weighted by molar-refractivity contribution is 7.89. The van der Waals surface area contributed by atoms with E-state index in [-0.39, 0.29) is 30.7 Å². The maximum absolute atomic E-state index is 11.8. The van der Waals surface area contributed by atoms with E-state index in [4.69, 9.17) is 19.2 Å². The molecule has 1 saturated carbocycles. The third-order valence-electron chi connectivity index (χ3n) is 5.19. The van der Waals surface area contributed by atoms with Crippen molar-refractivity contribution < 1.29 is 22.6 Å². The number of hydrogen-bond donors (Lipinski definition) is 1. The molecule has 2 heterocycles. The number of para-hydroxylation sites is 2. The standard InChI is InChI=1S/C23H28N4O5S/c1-3-33(28,29)24-13-16-31-23-20(32-19-10-6-5-9-18(19)30-2)22(27-14-7-4-8-15-27)25-21(26-23)17-11-12-17/h4-10,14,17,24H,3,11-13,15-16H2,1-2H3. The Kier molecular flexibility index (Phi) is 7.14. The number of nitrogens with zero attached hydrogens (tertiary/aromatic N) is 3. The van der Waals surface area contributed by atoms with Gasteiger partial charge in [-0.25, -0.2) is 18.1 Å². The third kappa shape index (κ3) is 5.82. The molecule has 0 radical (unpaired) electrons. The average Bonchev–Trinajstić information content (AvgIpc) is 3.69. The highest BCUT2D eigenvalue weighted by atomic mass is 32.2. The lowest BCUT2D eigenvalue weighted by atomic mass is 10.3. The SMILES string of the molecule is CCS(=O)(=O)NCCOc1nc(C2CC2)nc(N2C=CC=CC2)c1Oc1ccccc1OC. The summed E-state index contributed by atoms with van der Waals surface area (Å²) in [5.74, 6) is 3.26. The molecule has 0 atom stereocenters. The summed E-state index contributed by atoms with van der Waals surface area (Å²) in [5, 5.41) is 0. The second kappa shape index (κ2) is 10.2. The monoisotopic (exact) mass is 472 g/mol. The minimum Gasteiger partial charge on any atom is -0.493 e. The van der Waals surface area contributed by atoms with Crippen LogP contribution in [-0.2, 0) is 10.0 Å². The lowest BCUT2D eigenvalue weighted by Crippen LogP contribution is -2.29. The summed E-state index contributed by atoms with van der Waals surface area (Å²) in [6, 6.07) is 7.30. The fourth-order valence-electron chi connectivity index (χ4n) is 3.23. The molecule has 176 valence electrons. The van der Waals surface area contributed by atoms with E-state index in [1.165, 1.54) is 0 Å². The highest BCUT2D eigenvalue weighted by Gasteiger charge is 2.31. The summed E-state index contributed by atoms with van der Waals surface area (Å²) < 4.78 is 43.7. The molecule has 1 aliphatic heterocycles. The number of sulfonamides is 1. The molecule has 1 aliphatic carbocycles. The van der Waals surface area contributed by atoms with Crippen LogP contribution in [-0.4, -0.2) is 50.9 Å². The molecule has 2 aromatic rings. The van der Waals surface area contributed by atoms with Gasteiger partial charge in [0.15, 0.2) is 17.3 Å². The number of nitrogens with one attached hydrogen (secondary N) is 1. The largest absolute Gasteiger partial charge is 0.493 e. The first-order chi connectivity index (χ1) is 16.0. The Labute approximate surface area is 194 Å². The summed E-state index contributed by atoms with van der Waals surface area (Å²) in [5.41, 5.74) is 0. The summed E-state index contributed by atoms with van der Waals surface area (Å²) in [6.07, 6.45) is 9.89. The molecule has 0 bridgehead atoms. The van der Waals surface area contributed by atoms with Crippen molar-refractivity contribution in [3.8, 4) is 23.1 Å². The van der Waals surface area contributed by atoms with Crippen molar-refractivity contribution in [1.82, 2.24) is 14.7 Å². The molecule has 10 heteroatoms. The van der Waals surface area contributed by atoms with Gasteiger partial charge < -0.3 is 19.1 Å². The molecule has 33 heavy (non-hydrogen) atoms. The molecule has 0 spiro atoms. The molecule has 1 aromatic carbocycles. The van der Waals surface area contributed by atoms with Crippen LogP contribution in [0.4, 0.5) is 5.82 Å². The quantitative estimate of drug-likeness (QED) is 0.497. The van der Waals surface area contributed by atoms with Gasteiger partial charge in [-0.2, -0.15) is 4.98 Å². The summed E-state index contributed by atoms with van der Waals surface area (Å²) in [4.78, 5) is 11.4. The van der Waals surface area contributed by atoms with Crippen LogP contribution in [0.3, 0.4) is 0 Å². The lowest BCUT2D eigenvalue weighted by Gasteiger charge is -2.24. The molecule has 0 amide bonds. The smallest absolute Gasteiger partial charge is 0.263 e. The van der Waals surface area contributed by atoms with Gasteiger partial charge in [0.1, 0.15) is 12.4 Å². The number of aromatic nitrogens is 2. The number of anilines is 1. The molecular formula is C23H28N4O5S. The average molecular weight is 473 g/mol. The van der Waals surface area contributed by atoms with Gasteiger partial charge in [0.2, 0.25) is 15.8 Å². The van der Waals surface area contributed by atoms with E-state index < -0.39 is 10.0 Å². The van der Waals surface area contributed by atoms with Crippen LogP contribution in [0.25, 0.3) is 0 Å². The van der Waals surface area contributed by atoms with Gasteiger partial charge in [-0.3, -0.25) is 0 Å². The topological polar surface area (TPSA) is 103 Å². The van der Waals surface area contributed by atoms with E-state index in [9.17, 15) is 8.42 Å². The van der Waals surface area contributed by atoms with Gasteiger partial charge in [-0.1, -0.05) is 24.3 Å². The van der Waals surface area contributed by atoms with E-state index in [2.05, 4.69) is 9.71 Å². The number of ether oxygens (including phenoxy) is 3. The second-order valence-electron chi connectivity index (χ2n) is 7.64. The van der Waals surface area contributed by atoms with Gasteiger partial charge in [-0.15, -0.1) is 0 Å². The third-order valence-corrected chi connectivity index (χ3v) is 6.59. The zero-order chi connectivity index (χ0) is 23.3. The Balaban J connectivity index is 1.69. The van der Waals surface area contributed by atoms with Gasteiger partial charge in [0.25, 0.3) is 5.88 Å². The van der Waals surface area contributed by atoms with Crippen LogP contribution >= 0.6 is 0 Å². The van der Waals surface area contributed by atoms with Crippen LogP contribution in [0.1, 0.15) is 31.5 Å². The predicted octanol–water partition coefficient (Wildman–Crippen LogP) is 3.36. The summed E-state index contributed by atoms with van der Waals surface area (Å²) >= 11 is 0. The zero-order valence-corrected chi connectivity index (χ0v) is 19.5. The Bertz CT molecular complexity index is 1150. The van der Waals surface area contributed by atoms with Crippen LogP contribution in [0.15, 0.2) is 48.7 Å². The van der Waals surface area contributed by atoms with E-state index in [0.717, 1.165) is 12.8 Å². The number of hydrogen-bond acceptors (Lipinski definition) is 8. The van der Waals surface area contributed by atoms with Gasteiger partial charge in [0, 0.05) is 25.2 Å². The van der Waals surface area contributed by atoms with Gasteiger partial charge in [0.05, 0.1) is 12.9 Å². The van der Waals surface area contributed by atoms with Gasteiger partial charge in [-0.05, 0) is 38.0 Å². The zero-order valence-electron chi connectivity index (χ0n) is 18.7. The fraction of sp³-hybridized carbons (Fsp3) is 0.391. The second-order valence-corrected chi connectivity index (χ2v) is 9.73. The number of methoxy groups -OCH3 is 1. The van der Waals surface area contributed by atoms with Crippen LogP contribution < -0.4 is 23.8 Å². The number of rotatable bonds is 11. The summed E-state index contributed by atoms with van der Waals surface area (Å²) in [6.45, 7) is 2.42. The van der Waals surface area contributed by atoms with Crippen molar-refractivity contribution >= 4 is 15.8 Å². The van der Waals surface area contributed by atoms with E-state index >= 15 is 0 Å². The lowest BCUT2D eigenvalue weighted by molar-refractivity contribution is 0.290. The molecule has 1 fully saturated rings. The molecule has 4 rings (SSSR count). The molecule has 1 N–H and O–H groups in total. The molecule has 9 nitrogen and oxygen atoms in total. The van der Waals surface area contributed by atoms with Crippen molar-refractivity contribution in [2.45, 2.75) is 25.7 Å². The number of benzene rings is 1.